The van der Waals surface area contributed by atoms with Crippen LogP contribution in [0.2, 0.25) is 0 Å². The van der Waals surface area contributed by atoms with Crippen molar-refractivity contribution in [3.8, 4) is 0 Å². The molecule has 2 fully saturated rings. The molecule has 0 aromatic carbocycles. The van der Waals surface area contributed by atoms with Crippen LogP contribution in [0.4, 0.5) is 0 Å². The second kappa shape index (κ2) is 7.76. The molecule has 0 aromatic heterocycles. The predicted molar refractivity (Wildman–Crippen MR) is 82.4 cm³/mol. The normalized spacial score (nSPS) is 26.3. The van der Waals surface area contributed by atoms with Gasteiger partial charge in [-0.1, -0.05) is 26.7 Å². The lowest BCUT2D eigenvalue weighted by atomic mass is 10.1. The molecule has 3 heteroatoms. The van der Waals surface area contributed by atoms with E-state index in [0.717, 1.165) is 18.0 Å². The third kappa shape index (κ3) is 4.75. The minimum atomic E-state index is 0.733. The van der Waals surface area contributed by atoms with Crippen LogP contribution >= 0.6 is 11.8 Å². The molecular weight excluding hydrogens is 240 g/mol. The molecule has 1 aliphatic heterocycles. The molecule has 1 atom stereocenters. The lowest BCUT2D eigenvalue weighted by Gasteiger charge is -2.34. The van der Waals surface area contributed by atoms with Gasteiger partial charge < -0.3 is 5.32 Å². The van der Waals surface area contributed by atoms with Crippen LogP contribution in [-0.4, -0.2) is 48.1 Å². The fourth-order valence-corrected chi connectivity index (χ4v) is 4.07. The molecule has 18 heavy (non-hydrogen) atoms. The van der Waals surface area contributed by atoms with Crippen LogP contribution in [-0.2, 0) is 0 Å². The van der Waals surface area contributed by atoms with Crippen molar-refractivity contribution < 1.29 is 0 Å². The molecule has 106 valence electrons. The summed E-state index contributed by atoms with van der Waals surface area (Å²) in [6, 6.07) is 1.62. The summed E-state index contributed by atoms with van der Waals surface area (Å²) in [4.78, 5) is 2.80. The molecule has 1 unspecified atom stereocenters. The minimum Gasteiger partial charge on any atom is -0.311 e. The zero-order chi connectivity index (χ0) is 12.8. The molecule has 1 aliphatic carbocycles. The Bertz CT molecular complexity index is 221. The third-order valence-corrected chi connectivity index (χ3v) is 5.42. The Morgan fingerprint density at radius 3 is 2.67 bits per heavy atom. The van der Waals surface area contributed by atoms with E-state index in [0.29, 0.717) is 0 Å². The highest BCUT2D eigenvalue weighted by Gasteiger charge is 2.25. The molecule has 0 spiro atoms. The number of rotatable bonds is 6. The lowest BCUT2D eigenvalue weighted by Crippen LogP contribution is -2.48. The van der Waals surface area contributed by atoms with Crippen molar-refractivity contribution in [2.45, 2.75) is 58.0 Å². The topological polar surface area (TPSA) is 15.3 Å². The first-order valence-electron chi connectivity index (χ1n) is 7.81. The van der Waals surface area contributed by atoms with E-state index in [2.05, 4.69) is 35.8 Å². The van der Waals surface area contributed by atoms with Gasteiger partial charge in [-0.25, -0.2) is 0 Å². The molecule has 0 amide bonds. The summed E-state index contributed by atoms with van der Waals surface area (Å²) < 4.78 is 0. The zero-order valence-electron chi connectivity index (χ0n) is 12.2. The summed E-state index contributed by atoms with van der Waals surface area (Å²) in [5.41, 5.74) is 0. The highest BCUT2D eigenvalue weighted by atomic mass is 32.2. The van der Waals surface area contributed by atoms with Gasteiger partial charge in [0, 0.05) is 36.7 Å². The van der Waals surface area contributed by atoms with Crippen molar-refractivity contribution in [2.24, 2.45) is 5.92 Å². The van der Waals surface area contributed by atoms with Crippen molar-refractivity contribution in [2.75, 3.05) is 31.1 Å². The van der Waals surface area contributed by atoms with Crippen molar-refractivity contribution in [3.63, 3.8) is 0 Å². The Morgan fingerprint density at radius 1 is 1.28 bits per heavy atom. The average Bonchev–Trinajstić information content (AvgIpc) is 2.89. The highest BCUT2D eigenvalue weighted by Crippen LogP contribution is 2.25. The molecule has 1 saturated heterocycles. The Balaban J connectivity index is 1.81. The van der Waals surface area contributed by atoms with Crippen molar-refractivity contribution in [1.82, 2.24) is 10.2 Å². The SMILES string of the molecule is CC(C)CCN(CC1CSCCN1)C1CCCC1. The highest BCUT2D eigenvalue weighted by molar-refractivity contribution is 7.99. The minimum absolute atomic E-state index is 0.733. The maximum atomic E-state index is 3.70. The molecule has 0 radical (unpaired) electrons. The van der Waals surface area contributed by atoms with Crippen LogP contribution in [0.3, 0.4) is 0 Å². The van der Waals surface area contributed by atoms with E-state index in [9.17, 15) is 0 Å². The van der Waals surface area contributed by atoms with E-state index < -0.39 is 0 Å². The molecule has 1 N–H and O–H groups in total. The quantitative estimate of drug-likeness (QED) is 0.799. The molecule has 1 heterocycles. The zero-order valence-corrected chi connectivity index (χ0v) is 13.0. The Hall–Kier alpha value is 0.270. The summed E-state index contributed by atoms with van der Waals surface area (Å²) in [6.07, 6.45) is 7.15. The van der Waals surface area contributed by atoms with Crippen LogP contribution in [0.15, 0.2) is 0 Å². The molecule has 1 saturated carbocycles. The maximum Gasteiger partial charge on any atom is 0.0286 e. The van der Waals surface area contributed by atoms with Gasteiger partial charge in [0.25, 0.3) is 0 Å². The molecule has 0 aromatic rings. The fraction of sp³-hybridized carbons (Fsp3) is 1.00. The van der Waals surface area contributed by atoms with Crippen molar-refractivity contribution in [1.29, 1.82) is 0 Å². The third-order valence-electron chi connectivity index (χ3n) is 4.29. The lowest BCUT2D eigenvalue weighted by molar-refractivity contribution is 0.172. The predicted octanol–water partition coefficient (Wildman–Crippen LogP) is 2.98. The second-order valence-electron chi connectivity index (χ2n) is 6.34. The standard InChI is InChI=1S/C15H30N2S/c1-13(2)7-9-17(15-5-3-4-6-15)11-14-12-18-10-8-16-14/h13-16H,3-12H2,1-2H3. The Kier molecular flexibility index (Phi) is 6.33. The first-order valence-corrected chi connectivity index (χ1v) is 8.96. The number of hydrogen-bond donors (Lipinski definition) is 1. The van der Waals surface area contributed by atoms with Gasteiger partial charge in [-0.2, -0.15) is 11.8 Å². The molecule has 0 bridgehead atoms. The summed E-state index contributed by atoms with van der Waals surface area (Å²) in [5, 5.41) is 3.70. The average molecular weight is 270 g/mol. The van der Waals surface area contributed by atoms with Gasteiger partial charge in [0.05, 0.1) is 0 Å². The van der Waals surface area contributed by atoms with Crippen molar-refractivity contribution in [3.05, 3.63) is 0 Å². The van der Waals surface area contributed by atoms with Gasteiger partial charge >= 0.3 is 0 Å². The summed E-state index contributed by atoms with van der Waals surface area (Å²) in [6.45, 7) is 8.50. The van der Waals surface area contributed by atoms with Gasteiger partial charge in [0.15, 0.2) is 0 Å². The first kappa shape index (κ1) is 14.7. The first-order chi connectivity index (χ1) is 8.75. The molecule has 2 rings (SSSR count). The van der Waals surface area contributed by atoms with Crippen LogP contribution in [0.25, 0.3) is 0 Å². The summed E-state index contributed by atoms with van der Waals surface area (Å²) in [5.74, 6) is 3.44. The van der Waals surface area contributed by atoms with Crippen LogP contribution < -0.4 is 5.32 Å². The maximum absolute atomic E-state index is 3.70. The van der Waals surface area contributed by atoms with Gasteiger partial charge in [-0.15, -0.1) is 0 Å². The van der Waals surface area contributed by atoms with Crippen LogP contribution in [0.5, 0.6) is 0 Å². The van der Waals surface area contributed by atoms with E-state index in [1.165, 1.54) is 63.2 Å². The summed E-state index contributed by atoms with van der Waals surface area (Å²) >= 11 is 2.12. The van der Waals surface area contributed by atoms with E-state index >= 15 is 0 Å². The monoisotopic (exact) mass is 270 g/mol. The van der Waals surface area contributed by atoms with Crippen LogP contribution in [0, 0.1) is 5.92 Å². The van der Waals surface area contributed by atoms with Gasteiger partial charge in [-0.3, -0.25) is 4.90 Å². The number of nitrogens with one attached hydrogen (secondary N) is 1. The number of thioether (sulfide) groups is 1. The van der Waals surface area contributed by atoms with E-state index in [1.807, 2.05) is 0 Å². The van der Waals surface area contributed by atoms with Crippen molar-refractivity contribution >= 4 is 11.8 Å². The van der Waals surface area contributed by atoms with E-state index in [-0.39, 0.29) is 0 Å². The van der Waals surface area contributed by atoms with E-state index in [4.69, 9.17) is 0 Å². The Labute approximate surface area is 117 Å². The van der Waals surface area contributed by atoms with Crippen LogP contribution in [0.1, 0.15) is 46.0 Å². The smallest absolute Gasteiger partial charge is 0.0286 e. The molecule has 2 aliphatic rings. The molecular formula is C15H30N2S. The largest absolute Gasteiger partial charge is 0.311 e. The fourth-order valence-electron chi connectivity index (χ4n) is 3.14. The van der Waals surface area contributed by atoms with E-state index in [1.54, 1.807) is 0 Å². The van der Waals surface area contributed by atoms with Gasteiger partial charge in [0.1, 0.15) is 0 Å². The second-order valence-corrected chi connectivity index (χ2v) is 7.49. The Morgan fingerprint density at radius 2 is 2.06 bits per heavy atom. The van der Waals surface area contributed by atoms with Gasteiger partial charge in [-0.05, 0) is 31.7 Å². The number of hydrogen-bond acceptors (Lipinski definition) is 3. The molecule has 2 nitrogen and oxygen atoms in total. The van der Waals surface area contributed by atoms with Gasteiger partial charge in [0.2, 0.25) is 0 Å². The summed E-state index contributed by atoms with van der Waals surface area (Å²) in [7, 11) is 0. The number of nitrogens with zero attached hydrogens (tertiary/aromatic N) is 1.